The highest BCUT2D eigenvalue weighted by molar-refractivity contribution is 7.98. The third-order valence-electron chi connectivity index (χ3n) is 8.71. The molecule has 0 unspecified atom stereocenters. The number of esters is 1. The van der Waals surface area contributed by atoms with E-state index in [9.17, 15) is 48.3 Å². The second-order valence-corrected chi connectivity index (χ2v) is 14.7. The number of carboxylic acids is 1. The van der Waals surface area contributed by atoms with Crippen molar-refractivity contribution in [2.75, 3.05) is 32.7 Å². The molecule has 7 amide bonds. The number of rotatable bonds is 23. The van der Waals surface area contributed by atoms with Crippen LogP contribution in [0.15, 0.2) is 60.7 Å². The molecule has 2 aromatic rings. The number of amides is 7. The summed E-state index contributed by atoms with van der Waals surface area (Å²) in [5.41, 5.74) is 6.70. The Morgan fingerprint density at radius 3 is 1.83 bits per heavy atom. The fraction of sp³-hybridized carbons (Fsp3) is 0.462. The SMILES string of the molecule is COC(=O)C(=O)N[C@@H](CC(=O)O)C(=O)N[C@@H](Cc1ccccc1)C(=O)N(C)[C@@H](Cc1ccccc1)C(=O)NCC(=O)N[C@@H](CC(C)C)C(=O)N[C@@H](CCSC)C(N)=O. The Balaban J connectivity index is 2.37. The lowest BCUT2D eigenvalue weighted by atomic mass is 10.0. The molecule has 2 rings (SSSR count). The molecule has 2 aromatic carbocycles. The number of nitrogens with zero attached hydrogens (tertiary/aromatic N) is 1. The number of primary amides is 1. The number of benzene rings is 2. The van der Waals surface area contributed by atoms with Gasteiger partial charge >= 0.3 is 17.8 Å². The molecule has 0 aliphatic heterocycles. The van der Waals surface area contributed by atoms with E-state index in [2.05, 4.69) is 26.0 Å². The van der Waals surface area contributed by atoms with Gasteiger partial charge in [-0.2, -0.15) is 11.8 Å². The molecule has 18 nitrogen and oxygen atoms in total. The van der Waals surface area contributed by atoms with Gasteiger partial charge < -0.3 is 47.1 Å². The summed E-state index contributed by atoms with van der Waals surface area (Å²) in [5, 5.41) is 21.7. The smallest absolute Gasteiger partial charge is 0.396 e. The minimum Gasteiger partial charge on any atom is -0.481 e. The maximum absolute atomic E-state index is 14.3. The largest absolute Gasteiger partial charge is 0.481 e. The van der Waals surface area contributed by atoms with Crippen LogP contribution in [-0.4, -0.2) is 126 Å². The zero-order valence-electron chi connectivity index (χ0n) is 33.1. The van der Waals surface area contributed by atoms with E-state index in [1.54, 1.807) is 60.7 Å². The van der Waals surface area contributed by atoms with Gasteiger partial charge in [-0.15, -0.1) is 0 Å². The lowest BCUT2D eigenvalue weighted by Crippen LogP contribution is -2.59. The second kappa shape index (κ2) is 24.6. The van der Waals surface area contributed by atoms with E-state index in [4.69, 9.17) is 5.73 Å². The topological polar surface area (TPSA) is 272 Å². The zero-order chi connectivity index (χ0) is 43.4. The van der Waals surface area contributed by atoms with Gasteiger partial charge in [-0.3, -0.25) is 38.4 Å². The molecule has 0 heterocycles. The second-order valence-electron chi connectivity index (χ2n) is 13.7. The first kappa shape index (κ1) is 48.2. The van der Waals surface area contributed by atoms with Crippen LogP contribution in [-0.2, 0) is 60.7 Å². The number of carbonyl (C=O) groups is 9. The molecule has 19 heteroatoms. The summed E-state index contributed by atoms with van der Waals surface area (Å²) in [4.78, 5) is 117. The van der Waals surface area contributed by atoms with E-state index in [0.29, 0.717) is 23.3 Å². The fourth-order valence-corrected chi connectivity index (χ4v) is 6.16. The Kier molecular flexibility index (Phi) is 20.4. The molecule has 316 valence electrons. The van der Waals surface area contributed by atoms with Crippen LogP contribution in [0.1, 0.15) is 44.2 Å². The number of thioether (sulfide) groups is 1. The van der Waals surface area contributed by atoms with Gasteiger partial charge in [-0.25, -0.2) is 4.79 Å². The van der Waals surface area contributed by atoms with Crippen LogP contribution in [0.5, 0.6) is 0 Å². The Hall–Kier alpha value is -5.98. The maximum Gasteiger partial charge on any atom is 0.396 e. The Labute approximate surface area is 341 Å². The summed E-state index contributed by atoms with van der Waals surface area (Å²) in [5.74, 6) is -8.45. The van der Waals surface area contributed by atoms with Crippen molar-refractivity contribution in [2.24, 2.45) is 11.7 Å². The summed E-state index contributed by atoms with van der Waals surface area (Å²) >= 11 is 1.47. The Bertz CT molecular complexity index is 1750. The lowest BCUT2D eigenvalue weighted by molar-refractivity contribution is -0.154. The molecule has 5 atom stereocenters. The molecular weight excluding hydrogens is 775 g/mol. The van der Waals surface area contributed by atoms with Crippen molar-refractivity contribution in [1.82, 2.24) is 31.5 Å². The predicted octanol–water partition coefficient (Wildman–Crippen LogP) is -0.714. The van der Waals surface area contributed by atoms with Crippen LogP contribution in [0, 0.1) is 5.92 Å². The van der Waals surface area contributed by atoms with E-state index >= 15 is 0 Å². The molecule has 0 radical (unpaired) electrons. The van der Waals surface area contributed by atoms with Crippen molar-refractivity contribution in [1.29, 1.82) is 0 Å². The van der Waals surface area contributed by atoms with Crippen molar-refractivity contribution in [3.63, 3.8) is 0 Å². The third kappa shape index (κ3) is 16.6. The maximum atomic E-state index is 14.3. The van der Waals surface area contributed by atoms with E-state index in [1.807, 2.05) is 25.4 Å². The van der Waals surface area contributed by atoms with Gasteiger partial charge in [0.25, 0.3) is 0 Å². The van der Waals surface area contributed by atoms with Crippen LogP contribution in [0.2, 0.25) is 0 Å². The third-order valence-corrected chi connectivity index (χ3v) is 9.35. The average Bonchev–Trinajstić information content (AvgIpc) is 3.19. The van der Waals surface area contributed by atoms with E-state index in [-0.39, 0.29) is 25.2 Å². The molecule has 0 aliphatic rings. The average molecular weight is 828 g/mol. The summed E-state index contributed by atoms with van der Waals surface area (Å²) in [7, 11) is 2.25. The van der Waals surface area contributed by atoms with Crippen molar-refractivity contribution >= 4 is 65.1 Å². The van der Waals surface area contributed by atoms with Gasteiger partial charge in [0.2, 0.25) is 35.4 Å². The first-order valence-corrected chi connectivity index (χ1v) is 19.8. The molecular formula is C39H53N7O11S. The Morgan fingerprint density at radius 2 is 1.31 bits per heavy atom. The highest BCUT2D eigenvalue weighted by Gasteiger charge is 2.35. The molecule has 0 bridgehead atoms. The molecule has 0 spiro atoms. The van der Waals surface area contributed by atoms with Crippen molar-refractivity contribution < 1.29 is 53.0 Å². The molecule has 0 saturated carbocycles. The molecule has 0 aromatic heterocycles. The van der Waals surface area contributed by atoms with E-state index in [0.717, 1.165) is 12.0 Å². The minimum atomic E-state index is -1.79. The quantitative estimate of drug-likeness (QED) is 0.0541. The first-order chi connectivity index (χ1) is 27.5. The number of aliphatic carboxylic acids is 1. The number of hydrogen-bond acceptors (Lipinski definition) is 11. The number of likely N-dealkylation sites (N-methyl/N-ethyl adjacent to an activating group) is 1. The summed E-state index contributed by atoms with van der Waals surface area (Å²) in [6.07, 6.45) is 1.23. The van der Waals surface area contributed by atoms with Crippen LogP contribution in [0.25, 0.3) is 0 Å². The molecule has 0 fully saturated rings. The van der Waals surface area contributed by atoms with Crippen molar-refractivity contribution in [3.8, 4) is 0 Å². The van der Waals surface area contributed by atoms with E-state index < -0.39 is 96.5 Å². The number of nitrogens with two attached hydrogens (primary N) is 1. The van der Waals surface area contributed by atoms with Gasteiger partial charge in [0.15, 0.2) is 0 Å². The molecule has 8 N–H and O–H groups in total. The Morgan fingerprint density at radius 1 is 0.759 bits per heavy atom. The van der Waals surface area contributed by atoms with E-state index in [1.165, 1.54) is 18.8 Å². The van der Waals surface area contributed by atoms with Crippen molar-refractivity contribution in [2.45, 2.75) is 76.2 Å². The molecule has 0 aliphatic carbocycles. The summed E-state index contributed by atoms with van der Waals surface area (Å²) in [6, 6.07) is 10.7. The molecule has 58 heavy (non-hydrogen) atoms. The number of carboxylic acid groups (broad SMARTS) is 1. The number of hydrogen-bond donors (Lipinski definition) is 7. The van der Waals surface area contributed by atoms with Crippen molar-refractivity contribution in [3.05, 3.63) is 71.8 Å². The normalized spacial score (nSPS) is 13.3. The van der Waals surface area contributed by atoms with Gasteiger partial charge in [0, 0.05) is 19.9 Å². The lowest BCUT2D eigenvalue weighted by Gasteiger charge is -2.32. The highest BCUT2D eigenvalue weighted by Crippen LogP contribution is 2.14. The van der Waals surface area contributed by atoms with Gasteiger partial charge in [-0.1, -0.05) is 74.5 Å². The predicted molar refractivity (Wildman–Crippen MR) is 213 cm³/mol. The standard InChI is InChI=1S/C39H53N7O11S/c1-23(2)18-27(34(51)43-26(33(40)50)16-17-58-5)42-31(47)22-41-36(53)30(20-25-14-10-7-11-15-25)46(3)38(55)29(19-24-12-8-6-9-13-24)45-35(52)28(21-32(48)49)44-37(54)39(56)57-4/h6-15,23,26-30H,16-22H2,1-5H3,(H2,40,50)(H,41,53)(H,42,47)(H,43,51)(H,44,54)(H,45,52)(H,48,49)/t26-,27-,28-,29-,30-/m0/s1. The number of methoxy groups -OCH3 is 1. The van der Waals surface area contributed by atoms with Crippen LogP contribution >= 0.6 is 11.8 Å². The fourth-order valence-electron chi connectivity index (χ4n) is 5.69. The van der Waals surface area contributed by atoms with Crippen LogP contribution in [0.4, 0.5) is 0 Å². The first-order valence-electron chi connectivity index (χ1n) is 18.4. The molecule has 0 saturated heterocycles. The number of carbonyl (C=O) groups excluding carboxylic acids is 8. The van der Waals surface area contributed by atoms with Gasteiger partial charge in [-0.05, 0) is 41.9 Å². The minimum absolute atomic E-state index is 0.0394. The number of ether oxygens (including phenoxy) is 1. The van der Waals surface area contributed by atoms with Crippen LogP contribution < -0.4 is 32.3 Å². The monoisotopic (exact) mass is 827 g/mol. The number of nitrogens with one attached hydrogen (secondary N) is 5. The highest BCUT2D eigenvalue weighted by atomic mass is 32.2. The summed E-state index contributed by atoms with van der Waals surface area (Å²) < 4.78 is 4.35. The van der Waals surface area contributed by atoms with Gasteiger partial charge in [0.1, 0.15) is 30.2 Å². The zero-order valence-corrected chi connectivity index (χ0v) is 34.0. The summed E-state index contributed by atoms with van der Waals surface area (Å²) in [6.45, 7) is 3.08. The van der Waals surface area contributed by atoms with Gasteiger partial charge in [0.05, 0.1) is 20.1 Å². The van der Waals surface area contributed by atoms with Crippen LogP contribution in [0.3, 0.4) is 0 Å².